The van der Waals surface area contributed by atoms with Gasteiger partial charge in [-0.1, -0.05) is 0 Å². The van der Waals surface area contributed by atoms with Gasteiger partial charge in [-0.25, -0.2) is 13.4 Å². The van der Waals surface area contributed by atoms with Crippen molar-refractivity contribution >= 4 is 10.0 Å². The highest BCUT2D eigenvalue weighted by atomic mass is 32.2. The summed E-state index contributed by atoms with van der Waals surface area (Å²) in [5.74, 6) is 0.807. The highest BCUT2D eigenvalue weighted by molar-refractivity contribution is 7.89. The van der Waals surface area contributed by atoms with Crippen LogP contribution in [0.15, 0.2) is 17.6 Å². The summed E-state index contributed by atoms with van der Waals surface area (Å²) in [5.41, 5.74) is 0. The fraction of sp³-hybridized carbons (Fsp3) is 0.786. The number of aromatic nitrogens is 2. The Morgan fingerprint density at radius 2 is 1.95 bits per heavy atom. The Bertz CT molecular complexity index is 641. The van der Waals surface area contributed by atoms with Crippen LogP contribution in [0.3, 0.4) is 0 Å². The lowest BCUT2D eigenvalue weighted by Gasteiger charge is -2.49. The largest absolute Gasteiger partial charge is 0.378 e. The minimum Gasteiger partial charge on any atom is -0.378 e. The van der Waals surface area contributed by atoms with E-state index in [1.807, 2.05) is 0 Å². The summed E-state index contributed by atoms with van der Waals surface area (Å²) >= 11 is 0. The average Bonchev–Trinajstić information content (AvgIpc) is 3.16. The zero-order chi connectivity index (χ0) is 15.3. The van der Waals surface area contributed by atoms with E-state index in [9.17, 15) is 8.42 Å². The molecule has 3 heterocycles. The zero-order valence-corrected chi connectivity index (χ0v) is 13.6. The minimum absolute atomic E-state index is 0.143. The van der Waals surface area contributed by atoms with E-state index in [0.29, 0.717) is 26.3 Å². The van der Waals surface area contributed by atoms with Crippen LogP contribution in [-0.4, -0.2) is 72.1 Å². The van der Waals surface area contributed by atoms with Gasteiger partial charge in [0.05, 0.1) is 19.5 Å². The molecule has 0 spiro atoms. The van der Waals surface area contributed by atoms with Gasteiger partial charge in [0, 0.05) is 45.0 Å². The summed E-state index contributed by atoms with van der Waals surface area (Å²) < 4.78 is 34.4. The van der Waals surface area contributed by atoms with E-state index in [0.717, 1.165) is 12.5 Å². The standard InChI is InChI=1S/C14H22N4O3S/c1-16-7-14(15-10-16)22(19,20)17-5-12-8-21-9-13(6-17)18(12)4-11-2-3-11/h7,10-13H,2-6,8-9H2,1H3. The molecule has 7 nitrogen and oxygen atoms in total. The van der Waals surface area contributed by atoms with Crippen LogP contribution in [-0.2, 0) is 21.8 Å². The smallest absolute Gasteiger partial charge is 0.262 e. The summed E-state index contributed by atoms with van der Waals surface area (Å²) in [7, 11) is -1.72. The molecular formula is C14H22N4O3S. The van der Waals surface area contributed by atoms with E-state index in [1.165, 1.54) is 19.2 Å². The van der Waals surface area contributed by atoms with Gasteiger partial charge in [-0.05, 0) is 18.8 Å². The van der Waals surface area contributed by atoms with E-state index >= 15 is 0 Å². The lowest BCUT2D eigenvalue weighted by molar-refractivity contribution is -0.0833. The van der Waals surface area contributed by atoms with E-state index in [1.54, 1.807) is 22.1 Å². The fourth-order valence-electron chi connectivity index (χ4n) is 3.44. The van der Waals surface area contributed by atoms with Gasteiger partial charge < -0.3 is 9.30 Å². The second-order valence-electron chi connectivity index (χ2n) is 6.68. The van der Waals surface area contributed by atoms with Crippen molar-refractivity contribution in [2.24, 2.45) is 13.0 Å². The van der Waals surface area contributed by atoms with Crippen LogP contribution >= 0.6 is 0 Å². The van der Waals surface area contributed by atoms with Gasteiger partial charge in [-0.15, -0.1) is 0 Å². The molecule has 4 rings (SSSR count). The van der Waals surface area contributed by atoms with Gasteiger partial charge in [0.1, 0.15) is 0 Å². The summed E-state index contributed by atoms with van der Waals surface area (Å²) in [5, 5.41) is 0.143. The molecule has 122 valence electrons. The fourth-order valence-corrected chi connectivity index (χ4v) is 4.92. The lowest BCUT2D eigenvalue weighted by atomic mass is 10.1. The molecule has 0 radical (unpaired) electrons. The molecule has 3 aliphatic rings. The van der Waals surface area contributed by atoms with E-state index < -0.39 is 10.0 Å². The molecule has 8 heteroatoms. The summed E-state index contributed by atoms with van der Waals surface area (Å²) in [6, 6.07) is 0.346. The maximum Gasteiger partial charge on any atom is 0.262 e. The van der Waals surface area contributed by atoms with Crippen molar-refractivity contribution in [2.75, 3.05) is 32.8 Å². The Morgan fingerprint density at radius 1 is 1.27 bits per heavy atom. The van der Waals surface area contributed by atoms with Crippen molar-refractivity contribution in [3.05, 3.63) is 12.5 Å². The van der Waals surface area contributed by atoms with Crippen molar-refractivity contribution in [3.63, 3.8) is 0 Å². The van der Waals surface area contributed by atoms with Crippen LogP contribution in [0.1, 0.15) is 12.8 Å². The number of piperazine rings is 1. The Hall–Kier alpha value is -0.960. The second kappa shape index (κ2) is 5.30. The van der Waals surface area contributed by atoms with Crippen LogP contribution in [0, 0.1) is 5.92 Å². The molecule has 0 amide bonds. The maximum atomic E-state index is 12.8. The first-order chi connectivity index (χ1) is 10.5. The molecule has 2 bridgehead atoms. The van der Waals surface area contributed by atoms with E-state index in [4.69, 9.17) is 4.74 Å². The number of morpholine rings is 1. The molecule has 2 saturated heterocycles. The molecule has 2 aliphatic heterocycles. The summed E-state index contributed by atoms with van der Waals surface area (Å²) in [6.07, 6.45) is 5.72. The molecule has 3 fully saturated rings. The summed E-state index contributed by atoms with van der Waals surface area (Å²) in [4.78, 5) is 6.50. The van der Waals surface area contributed by atoms with Crippen molar-refractivity contribution < 1.29 is 13.2 Å². The topological polar surface area (TPSA) is 67.7 Å². The maximum absolute atomic E-state index is 12.8. The van der Waals surface area contributed by atoms with Crippen LogP contribution in [0.2, 0.25) is 0 Å². The Labute approximate surface area is 130 Å². The van der Waals surface area contributed by atoms with Crippen LogP contribution in [0.4, 0.5) is 0 Å². The van der Waals surface area contributed by atoms with E-state index in [-0.39, 0.29) is 17.1 Å². The van der Waals surface area contributed by atoms with Gasteiger partial charge in [0.25, 0.3) is 10.0 Å². The molecule has 1 aliphatic carbocycles. The van der Waals surface area contributed by atoms with Gasteiger partial charge >= 0.3 is 0 Å². The number of aryl methyl sites for hydroxylation is 1. The third kappa shape index (κ3) is 2.58. The molecule has 1 aromatic heterocycles. The van der Waals surface area contributed by atoms with E-state index in [2.05, 4.69) is 9.88 Å². The number of nitrogens with zero attached hydrogens (tertiary/aromatic N) is 4. The van der Waals surface area contributed by atoms with Gasteiger partial charge in [-0.3, -0.25) is 4.90 Å². The molecule has 22 heavy (non-hydrogen) atoms. The third-order valence-electron chi connectivity index (χ3n) is 4.84. The van der Waals surface area contributed by atoms with Crippen molar-refractivity contribution in [1.29, 1.82) is 0 Å². The molecule has 0 aromatic carbocycles. The lowest BCUT2D eigenvalue weighted by Crippen LogP contribution is -2.65. The number of rotatable bonds is 4. The third-order valence-corrected chi connectivity index (χ3v) is 6.56. The molecule has 2 atom stereocenters. The second-order valence-corrected chi connectivity index (χ2v) is 8.57. The molecule has 1 aromatic rings. The predicted molar refractivity (Wildman–Crippen MR) is 79.8 cm³/mol. The average molecular weight is 326 g/mol. The van der Waals surface area contributed by atoms with Gasteiger partial charge in [0.2, 0.25) is 0 Å². The number of imidazole rings is 1. The first-order valence-electron chi connectivity index (χ1n) is 7.85. The SMILES string of the molecule is Cn1cnc(S(=O)(=O)N2CC3COCC(C2)N3CC2CC2)c1. The normalized spacial score (nSPS) is 30.6. The number of sulfonamides is 1. The minimum atomic E-state index is -3.50. The quantitative estimate of drug-likeness (QED) is 0.773. The van der Waals surface area contributed by atoms with Gasteiger partial charge in [0.15, 0.2) is 5.03 Å². The monoisotopic (exact) mass is 326 g/mol. The number of ether oxygens (including phenoxy) is 1. The Kier molecular flexibility index (Phi) is 3.52. The highest BCUT2D eigenvalue weighted by Gasteiger charge is 2.44. The predicted octanol–water partition coefficient (Wildman–Crippen LogP) is -0.0962. The molecule has 2 unspecified atom stereocenters. The molecule has 0 N–H and O–H groups in total. The zero-order valence-electron chi connectivity index (χ0n) is 12.8. The van der Waals surface area contributed by atoms with Crippen molar-refractivity contribution in [1.82, 2.24) is 18.8 Å². The van der Waals surface area contributed by atoms with Crippen LogP contribution in [0.25, 0.3) is 0 Å². The molecule has 1 saturated carbocycles. The Balaban J connectivity index is 1.55. The van der Waals surface area contributed by atoms with Gasteiger partial charge in [-0.2, -0.15) is 4.31 Å². The van der Waals surface area contributed by atoms with Crippen LogP contribution < -0.4 is 0 Å². The van der Waals surface area contributed by atoms with Crippen LogP contribution in [0.5, 0.6) is 0 Å². The van der Waals surface area contributed by atoms with Crippen molar-refractivity contribution in [3.8, 4) is 0 Å². The number of fused-ring (bicyclic) bond motifs is 2. The van der Waals surface area contributed by atoms with Crippen molar-refractivity contribution in [2.45, 2.75) is 30.0 Å². The first-order valence-corrected chi connectivity index (χ1v) is 9.29. The molecular weight excluding hydrogens is 304 g/mol. The Morgan fingerprint density at radius 3 is 2.50 bits per heavy atom. The number of hydrogen-bond acceptors (Lipinski definition) is 5. The summed E-state index contributed by atoms with van der Waals surface area (Å²) in [6.45, 7) is 3.34. The number of hydrogen-bond donors (Lipinski definition) is 0. The first kappa shape index (κ1) is 14.6. The highest BCUT2D eigenvalue weighted by Crippen LogP contribution is 2.34.